The van der Waals surface area contributed by atoms with E-state index in [4.69, 9.17) is 4.74 Å². The van der Waals surface area contributed by atoms with E-state index in [0.717, 1.165) is 30.2 Å². The Kier molecular flexibility index (Phi) is 7.46. The number of amides is 1. The molecule has 170 valence electrons. The molecule has 1 unspecified atom stereocenters. The van der Waals surface area contributed by atoms with Crippen LogP contribution in [-0.2, 0) is 14.3 Å². The number of thiophene rings is 1. The SMILES string of the molecule is COC(=O)c1cc(C(=O)OCC(=O)NC(c2ccc(F)cc2)c2cccs2)cc([N+](=O)[O-])c1. The molecule has 1 heterocycles. The molecular formula is C22H17FN2O7S. The van der Waals surface area contributed by atoms with Crippen LogP contribution in [0.5, 0.6) is 0 Å². The summed E-state index contributed by atoms with van der Waals surface area (Å²) in [6, 6.07) is 11.6. The van der Waals surface area contributed by atoms with E-state index in [1.165, 1.54) is 35.6 Å². The normalized spacial score (nSPS) is 11.3. The van der Waals surface area contributed by atoms with Crippen LogP contribution in [0.1, 0.15) is 37.2 Å². The number of nitro benzene ring substituents is 1. The summed E-state index contributed by atoms with van der Waals surface area (Å²) in [6.45, 7) is -0.682. The maximum atomic E-state index is 13.3. The molecule has 1 aromatic heterocycles. The van der Waals surface area contributed by atoms with Crippen molar-refractivity contribution in [2.75, 3.05) is 13.7 Å². The number of nitro groups is 1. The number of halogens is 1. The molecule has 33 heavy (non-hydrogen) atoms. The van der Waals surface area contributed by atoms with Gasteiger partial charge in [-0.15, -0.1) is 11.3 Å². The summed E-state index contributed by atoms with van der Waals surface area (Å²) in [4.78, 5) is 47.7. The zero-order chi connectivity index (χ0) is 24.0. The second-order valence-corrected chi connectivity index (χ2v) is 7.64. The number of non-ortho nitro benzene ring substituents is 1. The van der Waals surface area contributed by atoms with Crippen LogP contribution in [0, 0.1) is 15.9 Å². The van der Waals surface area contributed by atoms with Crippen molar-refractivity contribution in [1.82, 2.24) is 5.32 Å². The van der Waals surface area contributed by atoms with Crippen LogP contribution in [-0.4, -0.2) is 36.5 Å². The topological polar surface area (TPSA) is 125 Å². The van der Waals surface area contributed by atoms with Gasteiger partial charge in [0, 0.05) is 17.0 Å². The number of benzene rings is 2. The zero-order valence-electron chi connectivity index (χ0n) is 17.1. The molecule has 0 saturated heterocycles. The summed E-state index contributed by atoms with van der Waals surface area (Å²) in [7, 11) is 1.09. The van der Waals surface area contributed by atoms with Crippen molar-refractivity contribution in [3.63, 3.8) is 0 Å². The lowest BCUT2D eigenvalue weighted by Crippen LogP contribution is -2.32. The van der Waals surface area contributed by atoms with Crippen molar-refractivity contribution in [2.24, 2.45) is 0 Å². The summed E-state index contributed by atoms with van der Waals surface area (Å²) >= 11 is 1.38. The average Bonchev–Trinajstić information content (AvgIpc) is 3.35. The van der Waals surface area contributed by atoms with Gasteiger partial charge < -0.3 is 14.8 Å². The number of nitrogens with one attached hydrogen (secondary N) is 1. The molecule has 1 N–H and O–H groups in total. The first-order chi connectivity index (χ1) is 15.8. The number of hydrogen-bond acceptors (Lipinski definition) is 8. The van der Waals surface area contributed by atoms with E-state index < -0.39 is 46.9 Å². The lowest BCUT2D eigenvalue weighted by molar-refractivity contribution is -0.384. The number of rotatable bonds is 8. The van der Waals surface area contributed by atoms with Crippen molar-refractivity contribution in [2.45, 2.75) is 6.04 Å². The summed E-state index contributed by atoms with van der Waals surface area (Å²) in [5, 5.41) is 15.6. The fourth-order valence-electron chi connectivity index (χ4n) is 2.92. The van der Waals surface area contributed by atoms with E-state index in [0.29, 0.717) is 5.56 Å². The van der Waals surface area contributed by atoms with Gasteiger partial charge in [0.05, 0.1) is 29.2 Å². The molecule has 1 atom stereocenters. The van der Waals surface area contributed by atoms with E-state index in [1.807, 2.05) is 5.38 Å². The van der Waals surface area contributed by atoms with E-state index >= 15 is 0 Å². The second-order valence-electron chi connectivity index (χ2n) is 6.66. The van der Waals surface area contributed by atoms with E-state index in [2.05, 4.69) is 10.1 Å². The molecule has 11 heteroatoms. The fraction of sp³-hybridized carbons (Fsp3) is 0.136. The number of methoxy groups -OCH3 is 1. The molecule has 0 aliphatic rings. The maximum absolute atomic E-state index is 13.3. The Hall–Kier alpha value is -4.12. The van der Waals surface area contributed by atoms with Crippen LogP contribution in [0.15, 0.2) is 60.0 Å². The van der Waals surface area contributed by atoms with Crippen molar-refractivity contribution in [1.29, 1.82) is 0 Å². The highest BCUT2D eigenvalue weighted by atomic mass is 32.1. The lowest BCUT2D eigenvalue weighted by atomic mass is 10.1. The number of carbonyl (C=O) groups is 3. The van der Waals surface area contributed by atoms with Crippen molar-refractivity contribution >= 4 is 34.9 Å². The molecule has 0 bridgehead atoms. The van der Waals surface area contributed by atoms with Gasteiger partial charge in [-0.1, -0.05) is 18.2 Å². The van der Waals surface area contributed by atoms with Gasteiger partial charge in [0.25, 0.3) is 11.6 Å². The van der Waals surface area contributed by atoms with Gasteiger partial charge in [0.1, 0.15) is 5.82 Å². The highest BCUT2D eigenvalue weighted by molar-refractivity contribution is 7.10. The van der Waals surface area contributed by atoms with Crippen molar-refractivity contribution in [3.05, 3.63) is 97.5 Å². The minimum absolute atomic E-state index is 0.211. The molecule has 0 spiro atoms. The number of carbonyl (C=O) groups excluding carboxylic acids is 3. The van der Waals surface area contributed by atoms with Crippen LogP contribution in [0.4, 0.5) is 10.1 Å². The Balaban J connectivity index is 1.72. The smallest absolute Gasteiger partial charge is 0.338 e. The third-order valence-corrected chi connectivity index (χ3v) is 5.39. The molecule has 0 aliphatic carbocycles. The third kappa shape index (κ3) is 5.98. The standard InChI is InChI=1S/C22H17FN2O7S/c1-31-21(27)14-9-15(11-17(10-14)25(29)30)22(28)32-12-19(26)24-20(18-3-2-8-33-18)13-4-6-16(23)7-5-13/h2-11,20H,12H2,1H3,(H,24,26). The first-order valence-corrected chi connectivity index (χ1v) is 10.3. The molecule has 3 aromatic rings. The fourth-order valence-corrected chi connectivity index (χ4v) is 3.72. The molecule has 0 saturated carbocycles. The Morgan fingerprint density at radius 2 is 1.76 bits per heavy atom. The Morgan fingerprint density at radius 1 is 1.09 bits per heavy atom. The Bertz CT molecular complexity index is 1180. The van der Waals surface area contributed by atoms with E-state index in [9.17, 15) is 28.9 Å². The van der Waals surface area contributed by atoms with Crippen LogP contribution in [0.25, 0.3) is 0 Å². The molecule has 3 rings (SSSR count). The second kappa shape index (κ2) is 10.5. The van der Waals surface area contributed by atoms with Crippen molar-refractivity contribution in [3.8, 4) is 0 Å². The molecular weight excluding hydrogens is 455 g/mol. The van der Waals surface area contributed by atoms with E-state index in [-0.39, 0.29) is 11.1 Å². The number of esters is 2. The van der Waals surface area contributed by atoms with Gasteiger partial charge in [0.2, 0.25) is 0 Å². The summed E-state index contributed by atoms with van der Waals surface area (Å²) in [5.41, 5.74) is -0.383. The first kappa shape index (κ1) is 23.5. The summed E-state index contributed by atoms with van der Waals surface area (Å²) in [5.74, 6) is -2.98. The average molecular weight is 472 g/mol. The highest BCUT2D eigenvalue weighted by Crippen LogP contribution is 2.26. The van der Waals surface area contributed by atoms with Gasteiger partial charge in [0.15, 0.2) is 6.61 Å². The minimum Gasteiger partial charge on any atom is -0.465 e. The zero-order valence-corrected chi connectivity index (χ0v) is 18.0. The largest absolute Gasteiger partial charge is 0.465 e. The molecule has 0 fully saturated rings. The quantitative estimate of drug-likeness (QED) is 0.301. The number of hydrogen-bond donors (Lipinski definition) is 1. The van der Waals surface area contributed by atoms with Crippen LogP contribution in [0.3, 0.4) is 0 Å². The maximum Gasteiger partial charge on any atom is 0.338 e. The highest BCUT2D eigenvalue weighted by Gasteiger charge is 2.22. The third-order valence-electron chi connectivity index (χ3n) is 4.46. The monoisotopic (exact) mass is 472 g/mol. The minimum atomic E-state index is -1.03. The van der Waals surface area contributed by atoms with Crippen molar-refractivity contribution < 1.29 is 33.2 Å². The number of nitrogens with zero attached hydrogens (tertiary/aromatic N) is 1. The molecule has 0 aliphatic heterocycles. The van der Waals surface area contributed by atoms with Gasteiger partial charge in [-0.05, 0) is 35.2 Å². The van der Waals surface area contributed by atoms with Gasteiger partial charge in [-0.2, -0.15) is 0 Å². The molecule has 1 amide bonds. The van der Waals surface area contributed by atoms with Crippen LogP contribution < -0.4 is 5.32 Å². The summed E-state index contributed by atoms with van der Waals surface area (Å²) < 4.78 is 22.8. The summed E-state index contributed by atoms with van der Waals surface area (Å²) in [6.07, 6.45) is 0. The lowest BCUT2D eigenvalue weighted by Gasteiger charge is -2.18. The predicted molar refractivity (Wildman–Crippen MR) is 115 cm³/mol. The molecule has 2 aromatic carbocycles. The van der Waals surface area contributed by atoms with Crippen LogP contribution >= 0.6 is 11.3 Å². The van der Waals surface area contributed by atoms with E-state index in [1.54, 1.807) is 12.1 Å². The first-order valence-electron chi connectivity index (χ1n) is 9.41. The predicted octanol–water partition coefficient (Wildman–Crippen LogP) is 3.64. The Morgan fingerprint density at radius 3 is 2.33 bits per heavy atom. The molecule has 9 nitrogen and oxygen atoms in total. The Labute approximate surface area is 190 Å². The van der Waals surface area contributed by atoms with Gasteiger partial charge in [-0.25, -0.2) is 14.0 Å². The number of ether oxygens (including phenoxy) is 2. The molecule has 0 radical (unpaired) electrons. The van der Waals surface area contributed by atoms with Gasteiger partial charge in [-0.3, -0.25) is 14.9 Å². The van der Waals surface area contributed by atoms with Gasteiger partial charge >= 0.3 is 11.9 Å². The van der Waals surface area contributed by atoms with Crippen LogP contribution in [0.2, 0.25) is 0 Å².